The van der Waals surface area contributed by atoms with Crippen LogP contribution >= 0.6 is 0 Å². The largest absolute Gasteiger partial charge is 0.351 e. The van der Waals surface area contributed by atoms with Gasteiger partial charge >= 0.3 is 0 Å². The summed E-state index contributed by atoms with van der Waals surface area (Å²) in [5, 5.41) is 0. The predicted octanol–water partition coefficient (Wildman–Crippen LogP) is 2.54. The quantitative estimate of drug-likeness (QED) is 0.237. The van der Waals surface area contributed by atoms with Gasteiger partial charge in [-0.2, -0.15) is 0 Å². The fraction of sp³-hybridized carbons (Fsp3) is 0.667. The van der Waals surface area contributed by atoms with Gasteiger partial charge in [0, 0.05) is 26.4 Å². The number of hydrogen-bond acceptors (Lipinski definition) is 4. The Hall–Kier alpha value is -0.506. The normalized spacial score (nSPS) is 13.7. The van der Waals surface area contributed by atoms with Gasteiger partial charge in [0.05, 0.1) is 0 Å². The first kappa shape index (κ1) is 23.5. The molecule has 0 rings (SSSR count). The van der Waals surface area contributed by atoms with Crippen LogP contribution in [-0.4, -0.2) is 56.3 Å². The Morgan fingerprint density at radius 1 is 0.667 bits per heavy atom. The molecule has 0 aromatic heterocycles. The van der Waals surface area contributed by atoms with E-state index >= 15 is 0 Å². The summed E-state index contributed by atoms with van der Waals surface area (Å²) in [6, 6.07) is 2.04. The zero-order chi connectivity index (χ0) is 18.3. The third-order valence-corrected chi connectivity index (χ3v) is 7.69. The Morgan fingerprint density at radius 3 is 1.17 bits per heavy atom. The second-order valence-corrected chi connectivity index (χ2v) is 9.44. The molecule has 0 aliphatic heterocycles. The fourth-order valence-corrected chi connectivity index (χ4v) is 6.01. The molecule has 140 valence electrons. The Balaban J connectivity index is 4.44. The van der Waals surface area contributed by atoms with Gasteiger partial charge in [0.2, 0.25) is 0 Å². The molecule has 0 atom stereocenters. The van der Waals surface area contributed by atoms with E-state index in [9.17, 15) is 0 Å². The molecule has 0 heterocycles. The van der Waals surface area contributed by atoms with Crippen LogP contribution in [0.25, 0.3) is 0 Å². The number of hydrogen-bond donors (Lipinski definition) is 0. The first-order valence-corrected chi connectivity index (χ1v) is 12.5. The van der Waals surface area contributed by atoms with Crippen molar-refractivity contribution in [2.75, 3.05) is 26.4 Å². The van der Waals surface area contributed by atoms with Crippen LogP contribution in [-0.2, 0) is 18.9 Å². The predicted molar refractivity (Wildman–Crippen MR) is 108 cm³/mol. The highest BCUT2D eigenvalue weighted by atomic mass is 28.2. The monoisotopic (exact) mass is 372 g/mol. The minimum absolute atomic E-state index is 0.535. The third kappa shape index (κ3) is 8.55. The summed E-state index contributed by atoms with van der Waals surface area (Å²) in [5.41, 5.74) is -1.07. The summed E-state index contributed by atoms with van der Waals surface area (Å²) in [6.07, 6.45) is 8.12. The summed E-state index contributed by atoms with van der Waals surface area (Å²) in [6.45, 7) is 18.3. The number of ether oxygens (including phenoxy) is 4. The maximum atomic E-state index is 5.80. The smallest absolute Gasteiger partial charge is 0.162 e. The van der Waals surface area contributed by atoms with Crippen LogP contribution in [0, 0.1) is 0 Å². The molecule has 6 heteroatoms. The van der Waals surface area contributed by atoms with Gasteiger partial charge in [-0.05, 0) is 51.9 Å². The Kier molecular flexibility index (Phi) is 13.5. The van der Waals surface area contributed by atoms with Gasteiger partial charge in [-0.25, -0.2) is 0 Å². The van der Waals surface area contributed by atoms with Crippen LogP contribution in [0.3, 0.4) is 0 Å². The maximum Gasteiger partial charge on any atom is 0.162 e. The van der Waals surface area contributed by atoms with Crippen LogP contribution in [0.2, 0.25) is 12.1 Å². The van der Waals surface area contributed by atoms with Crippen molar-refractivity contribution in [1.82, 2.24) is 0 Å². The second-order valence-electron chi connectivity index (χ2n) is 5.31. The van der Waals surface area contributed by atoms with Crippen molar-refractivity contribution in [2.24, 2.45) is 0 Å². The number of allylic oxidation sites excluding steroid dienone is 2. The van der Waals surface area contributed by atoms with E-state index in [4.69, 9.17) is 18.9 Å². The van der Waals surface area contributed by atoms with Crippen molar-refractivity contribution in [3.63, 3.8) is 0 Å². The summed E-state index contributed by atoms with van der Waals surface area (Å²) < 4.78 is 23.2. The molecule has 0 aliphatic rings. The lowest BCUT2D eigenvalue weighted by atomic mass is 10.5. The first-order valence-electron chi connectivity index (χ1n) is 9.05. The molecule has 0 unspecified atom stereocenters. The standard InChI is InChI=1S/C18H36O4Si2/c1-7-17(19-9-3,20-10-4)23-15-13-14-16-24-18(8-2,21-11-5)22-12-6/h7-8,13-14H,1-2,9-12,15-16,23-24H2,3-6H3. The molecule has 0 radical (unpaired) electrons. The van der Waals surface area contributed by atoms with Crippen molar-refractivity contribution in [3.05, 3.63) is 37.5 Å². The Bertz CT molecular complexity index is 326. The van der Waals surface area contributed by atoms with Gasteiger partial charge in [-0.1, -0.05) is 25.3 Å². The molecule has 0 aromatic rings. The molecule has 0 N–H and O–H groups in total. The highest BCUT2D eigenvalue weighted by molar-refractivity contribution is 6.41. The summed E-state index contributed by atoms with van der Waals surface area (Å²) in [5.74, 6) is 0. The van der Waals surface area contributed by atoms with E-state index in [2.05, 4.69) is 25.3 Å². The van der Waals surface area contributed by atoms with Crippen molar-refractivity contribution >= 4 is 19.0 Å². The molecule has 24 heavy (non-hydrogen) atoms. The van der Waals surface area contributed by atoms with Gasteiger partial charge in [-0.15, -0.1) is 0 Å². The molecular formula is C18H36O4Si2. The van der Waals surface area contributed by atoms with Crippen LogP contribution < -0.4 is 0 Å². The van der Waals surface area contributed by atoms with E-state index in [1.165, 1.54) is 0 Å². The molecule has 0 bridgehead atoms. The van der Waals surface area contributed by atoms with Crippen LogP contribution in [0.15, 0.2) is 37.5 Å². The SMILES string of the molecule is C=CC(OCC)(OCC)[SiH2]CC=CC[SiH2]C(C=C)(OCC)OCC. The second kappa shape index (κ2) is 13.7. The summed E-state index contributed by atoms with van der Waals surface area (Å²) >= 11 is 0. The minimum Gasteiger partial charge on any atom is -0.351 e. The molecule has 0 saturated heterocycles. The van der Waals surface area contributed by atoms with E-state index in [-0.39, 0.29) is 0 Å². The lowest BCUT2D eigenvalue weighted by Crippen LogP contribution is -2.40. The summed E-state index contributed by atoms with van der Waals surface area (Å²) in [7, 11) is -1.21. The average Bonchev–Trinajstić information content (AvgIpc) is 2.58. The van der Waals surface area contributed by atoms with E-state index in [1.807, 2.05) is 39.8 Å². The molecule has 0 amide bonds. The molecule has 0 fully saturated rings. The zero-order valence-corrected chi connectivity index (χ0v) is 18.8. The minimum atomic E-state index is -0.607. The van der Waals surface area contributed by atoms with Crippen LogP contribution in [0.4, 0.5) is 0 Å². The van der Waals surface area contributed by atoms with Crippen molar-refractivity contribution < 1.29 is 18.9 Å². The molecule has 4 nitrogen and oxygen atoms in total. The Morgan fingerprint density at radius 2 is 0.958 bits per heavy atom. The van der Waals surface area contributed by atoms with Gasteiger partial charge in [0.15, 0.2) is 10.8 Å². The van der Waals surface area contributed by atoms with Crippen LogP contribution in [0.1, 0.15) is 27.7 Å². The molecule has 0 aromatic carbocycles. The first-order chi connectivity index (χ1) is 11.6. The lowest BCUT2D eigenvalue weighted by Gasteiger charge is -2.30. The highest BCUT2D eigenvalue weighted by Gasteiger charge is 2.27. The Labute approximate surface area is 152 Å². The van der Waals surface area contributed by atoms with E-state index in [1.54, 1.807) is 0 Å². The fourth-order valence-electron chi connectivity index (χ4n) is 2.59. The lowest BCUT2D eigenvalue weighted by molar-refractivity contribution is -0.142. The van der Waals surface area contributed by atoms with Gasteiger partial charge in [0.25, 0.3) is 0 Å². The van der Waals surface area contributed by atoms with Crippen molar-refractivity contribution in [3.8, 4) is 0 Å². The van der Waals surface area contributed by atoms with Gasteiger partial charge in [0.1, 0.15) is 19.0 Å². The molecule has 0 saturated carbocycles. The zero-order valence-electron chi connectivity index (χ0n) is 16.0. The van der Waals surface area contributed by atoms with E-state index < -0.39 is 29.9 Å². The average molecular weight is 373 g/mol. The maximum absolute atomic E-state index is 5.80. The third-order valence-electron chi connectivity index (χ3n) is 3.66. The van der Waals surface area contributed by atoms with Crippen LogP contribution in [0.5, 0.6) is 0 Å². The molecule has 0 spiro atoms. The van der Waals surface area contributed by atoms with Gasteiger partial charge < -0.3 is 18.9 Å². The summed E-state index contributed by atoms with van der Waals surface area (Å²) in [4.78, 5) is 0. The van der Waals surface area contributed by atoms with E-state index in [0.717, 1.165) is 12.1 Å². The van der Waals surface area contributed by atoms with E-state index in [0.29, 0.717) is 26.4 Å². The van der Waals surface area contributed by atoms with Crippen molar-refractivity contribution in [2.45, 2.75) is 50.6 Å². The number of rotatable bonds is 16. The topological polar surface area (TPSA) is 36.9 Å². The molecular weight excluding hydrogens is 336 g/mol. The van der Waals surface area contributed by atoms with Crippen molar-refractivity contribution in [1.29, 1.82) is 0 Å². The molecule has 0 aliphatic carbocycles. The highest BCUT2D eigenvalue weighted by Crippen LogP contribution is 2.17. The van der Waals surface area contributed by atoms with Gasteiger partial charge in [-0.3, -0.25) is 0 Å².